The van der Waals surface area contributed by atoms with Crippen LogP contribution in [0, 0.1) is 31.1 Å². The second-order valence-corrected chi connectivity index (χ2v) is 18.6. The van der Waals surface area contributed by atoms with Crippen LogP contribution in [0.4, 0.5) is 3.89 Å². The van der Waals surface area contributed by atoms with E-state index in [0.717, 1.165) is 13.9 Å². The van der Waals surface area contributed by atoms with Crippen LogP contribution >= 0.6 is 0 Å². The summed E-state index contributed by atoms with van der Waals surface area (Å²) in [7, 11) is -4.30. The molecule has 73 heavy (non-hydrogen) atoms. The third-order valence-corrected chi connectivity index (χ3v) is 12.5. The number of amides is 5. The van der Waals surface area contributed by atoms with Gasteiger partial charge in [0.05, 0.1) is 19.6 Å². The summed E-state index contributed by atoms with van der Waals surface area (Å²) in [5.41, 5.74) is 1.23. The van der Waals surface area contributed by atoms with Crippen molar-refractivity contribution >= 4 is 65.7 Å². The Morgan fingerprint density at radius 3 is 2.00 bits per heavy atom. The zero-order valence-corrected chi connectivity index (χ0v) is 45.8. The fourth-order valence-electron chi connectivity index (χ4n) is 8.25. The molecule has 27 heteroatoms. The van der Waals surface area contributed by atoms with Crippen molar-refractivity contribution in [2.24, 2.45) is 0 Å². The summed E-state index contributed by atoms with van der Waals surface area (Å²) < 4.78 is 39.4. The second-order valence-electron chi connectivity index (χ2n) is 17.6. The van der Waals surface area contributed by atoms with E-state index in [-0.39, 0.29) is 132 Å². The van der Waals surface area contributed by atoms with Gasteiger partial charge in [-0.15, -0.1) is 0 Å². The molecular weight excluding hydrogens is 1200 g/mol. The predicted octanol–water partition coefficient (Wildman–Crippen LogP) is -1.52. The molecule has 2 fully saturated rings. The minimum atomic E-state index is -5.28. The fraction of sp³-hybridized carbons (Fsp3) is 0.565. The van der Waals surface area contributed by atoms with Crippen LogP contribution in [-0.4, -0.2) is 213 Å². The van der Waals surface area contributed by atoms with Gasteiger partial charge in [-0.3, -0.25) is 48.3 Å². The van der Waals surface area contributed by atoms with Gasteiger partial charge >= 0.3 is 29.9 Å². The van der Waals surface area contributed by atoms with Crippen LogP contribution in [0.3, 0.4) is 0 Å². The molecule has 4 rings (SSSR count). The molecule has 3 atom stereocenters. The Morgan fingerprint density at radius 1 is 0.795 bits per heavy atom. The van der Waals surface area contributed by atoms with E-state index in [9.17, 15) is 65.9 Å². The molecule has 0 bridgehead atoms. The SMILES string of the molecule is CC(NC(=O)c1cccc(CNC(=O)C(CCCCNC(=O)CN2CCN(C[C-]=O)CCN(CC(=O)O)CCN(CC(=O)O)CC2)NC(=O)CCc2cccc(OS(=O)(=O)F)c2)c1)C(=O)N1CCCC1[B]O.[U]. The minimum Gasteiger partial charge on any atom is -0.541 e. The van der Waals surface area contributed by atoms with Crippen LogP contribution < -0.4 is 25.5 Å². The Hall–Kier alpha value is -5.00. The Kier molecular flexibility index (Phi) is 27.6. The number of halogens is 1. The topological polar surface area (TPSA) is 305 Å². The summed E-state index contributed by atoms with van der Waals surface area (Å²) >= 11 is 0. The third-order valence-electron chi connectivity index (χ3n) is 12.1. The first kappa shape index (κ1) is 62.3. The van der Waals surface area contributed by atoms with E-state index < -0.39 is 58.2 Å². The van der Waals surface area contributed by atoms with Crippen molar-refractivity contribution in [3.8, 4) is 5.75 Å². The molecule has 2 heterocycles. The molecule has 2 aliphatic heterocycles. The molecule has 2 aliphatic rings. The number of nitrogens with one attached hydrogen (secondary N) is 4. The monoisotopic (exact) mass is 1270 g/mol. The summed E-state index contributed by atoms with van der Waals surface area (Å²) in [4.78, 5) is 109. The van der Waals surface area contributed by atoms with Crippen LogP contribution in [0.2, 0.25) is 0 Å². The van der Waals surface area contributed by atoms with Gasteiger partial charge in [0.15, 0.2) is 0 Å². The minimum absolute atomic E-state index is 0. The number of carboxylic acid groups (broad SMARTS) is 2. The Labute approximate surface area is 449 Å². The van der Waals surface area contributed by atoms with Gasteiger partial charge < -0.3 is 55.3 Å². The van der Waals surface area contributed by atoms with Crippen LogP contribution in [0.1, 0.15) is 66.9 Å². The summed E-state index contributed by atoms with van der Waals surface area (Å²) in [5.74, 6) is -5.06. The number of aryl methyl sites for hydroxylation is 1. The number of hydrogen-bond acceptors (Lipinski definition) is 16. The van der Waals surface area contributed by atoms with Gasteiger partial charge in [0.1, 0.15) is 17.8 Å². The van der Waals surface area contributed by atoms with Gasteiger partial charge in [0, 0.05) is 121 Å². The van der Waals surface area contributed by atoms with Gasteiger partial charge in [-0.25, -0.2) is 6.29 Å². The summed E-state index contributed by atoms with van der Waals surface area (Å²) in [6, 6.07) is 9.99. The van der Waals surface area contributed by atoms with Crippen molar-refractivity contribution < 1.29 is 101 Å². The zero-order valence-electron chi connectivity index (χ0n) is 40.8. The van der Waals surface area contributed by atoms with Gasteiger partial charge in [0.2, 0.25) is 23.6 Å². The first-order valence-corrected chi connectivity index (χ1v) is 25.1. The van der Waals surface area contributed by atoms with Crippen LogP contribution in [0.25, 0.3) is 0 Å². The quantitative estimate of drug-likeness (QED) is 0.0244. The van der Waals surface area contributed by atoms with Crippen LogP contribution in [-0.2, 0) is 57.0 Å². The largest absolute Gasteiger partial charge is 0.541 e. The standard InChI is InChI=1S/C46H65BFN9O14S.U/c1-33(46(67)57-16-6-12-39(57)47-68)51-44(65)36-9-4-8-35(27-36)29-50-45(66)38(52-40(59)14-13-34-7-5-10-37(28-34)71-72(48,69)70)11-2-3-15-49-41(60)30-54-19-17-53(25-26-58)18-20-55(31-42(61)62)23-24-56(22-21-54)32-43(63)64;/h4-5,7-10,27-28,33,38-39,68H,2-3,6,11-25,29-32H2,1H3,(H,49,60)(H,50,66)(H,51,65)(H,52,59)(H,61,62)(H,63,64);/q-1;. The first-order valence-electron chi connectivity index (χ1n) is 23.7. The number of benzene rings is 2. The van der Waals surface area contributed by atoms with Gasteiger partial charge in [-0.2, -0.15) is 8.42 Å². The van der Waals surface area contributed by atoms with Crippen molar-refractivity contribution in [3.63, 3.8) is 0 Å². The summed E-state index contributed by atoms with van der Waals surface area (Å²) in [6.07, 6.45) is 4.06. The fourth-order valence-corrected chi connectivity index (χ4v) is 8.59. The number of likely N-dealkylation sites (tertiary alicyclic amines) is 1. The van der Waals surface area contributed by atoms with Gasteiger partial charge in [0.25, 0.3) is 5.91 Å². The molecule has 0 aromatic heterocycles. The molecular formula is C46H65BFN9O14SU-. The normalized spacial score (nSPS) is 17.3. The smallest absolute Gasteiger partial charge is 0.488 e. The van der Waals surface area contributed by atoms with Crippen molar-refractivity contribution in [1.82, 2.24) is 45.8 Å². The first-order chi connectivity index (χ1) is 34.3. The van der Waals surface area contributed by atoms with Crippen molar-refractivity contribution in [2.45, 2.75) is 76.4 Å². The third kappa shape index (κ3) is 23.8. The number of unbranched alkanes of at least 4 members (excludes halogenated alkanes) is 1. The zero-order chi connectivity index (χ0) is 52.6. The molecule has 2 saturated heterocycles. The Bertz CT molecular complexity index is 2290. The molecule has 3 unspecified atom stereocenters. The Balaban J connectivity index is 0.0000141. The predicted molar refractivity (Wildman–Crippen MR) is 259 cm³/mol. The van der Waals surface area contributed by atoms with E-state index in [1.807, 2.05) is 11.2 Å². The summed E-state index contributed by atoms with van der Waals surface area (Å²) in [6.45, 7) is 4.04. The molecule has 7 N–H and O–H groups in total. The van der Waals surface area contributed by atoms with E-state index in [0.29, 0.717) is 69.7 Å². The van der Waals surface area contributed by atoms with Gasteiger partial charge in [-0.1, -0.05) is 34.7 Å². The molecule has 2 aromatic rings. The molecule has 399 valence electrons. The number of nitrogens with zero attached hydrogens (tertiary/aromatic N) is 5. The molecule has 0 spiro atoms. The number of rotatable bonds is 26. The molecule has 0 saturated carbocycles. The molecule has 2 aromatic carbocycles. The van der Waals surface area contributed by atoms with Gasteiger partial charge in [-0.05, 0) is 80.8 Å². The average molecular weight is 1270 g/mol. The summed E-state index contributed by atoms with van der Waals surface area (Å²) in [5, 5.41) is 39.5. The molecule has 1 radical (unpaired) electrons. The number of carbonyl (C=O) groups is 7. The van der Waals surface area contributed by atoms with E-state index in [4.69, 9.17) is 0 Å². The maximum atomic E-state index is 13.7. The average Bonchev–Trinajstić information content (AvgIpc) is 3.81. The number of hydrogen-bond donors (Lipinski definition) is 7. The van der Waals surface area contributed by atoms with E-state index in [1.54, 1.807) is 52.0 Å². The Morgan fingerprint density at radius 2 is 1.40 bits per heavy atom. The molecule has 23 nitrogen and oxygen atoms in total. The van der Waals surface area contributed by atoms with E-state index >= 15 is 0 Å². The second kappa shape index (κ2) is 32.3. The van der Waals surface area contributed by atoms with Crippen molar-refractivity contribution in [1.29, 1.82) is 0 Å². The maximum Gasteiger partial charge on any atom is 0.488 e. The van der Waals surface area contributed by atoms with E-state index in [1.165, 1.54) is 23.1 Å². The number of aliphatic carboxylic acids is 2. The molecule has 5 amide bonds. The maximum absolute atomic E-state index is 13.7. The van der Waals surface area contributed by atoms with Crippen LogP contribution in [0.5, 0.6) is 5.75 Å². The number of carbonyl (C=O) groups excluding carboxylic acids is 6. The van der Waals surface area contributed by atoms with Crippen LogP contribution in [0.15, 0.2) is 48.5 Å². The van der Waals surface area contributed by atoms with Crippen molar-refractivity contribution in [3.05, 3.63) is 65.2 Å². The molecule has 0 aliphatic carbocycles. The van der Waals surface area contributed by atoms with Crippen molar-refractivity contribution in [2.75, 3.05) is 91.6 Å². The number of carboxylic acids is 2. The van der Waals surface area contributed by atoms with E-state index in [2.05, 4.69) is 25.5 Å².